The maximum Gasteiger partial charge on any atom is 0.127 e. The molecule has 1 atom stereocenters. The second-order valence-corrected chi connectivity index (χ2v) is 4.32. The van der Waals surface area contributed by atoms with Gasteiger partial charge >= 0.3 is 0 Å². The molecular weight excluding hydrogens is 236 g/mol. The van der Waals surface area contributed by atoms with Crippen LogP contribution in [0.4, 0.5) is 0 Å². The number of ether oxygens (including phenoxy) is 1. The summed E-state index contributed by atoms with van der Waals surface area (Å²) in [5.74, 6) is 1.48. The van der Waals surface area contributed by atoms with Crippen LogP contribution in [0, 0.1) is 11.3 Å². The maximum absolute atomic E-state index is 8.72. The summed E-state index contributed by atoms with van der Waals surface area (Å²) < 4.78 is 5.70. The first-order valence-electron chi connectivity index (χ1n) is 6.26. The van der Waals surface area contributed by atoms with Crippen LogP contribution in [0.15, 0.2) is 48.5 Å². The molecule has 2 N–H and O–H groups in total. The number of nitriles is 1. The SMILES string of the molecule is CCC(N)c1ccc(Oc2ccc(C#N)cc2)cc1. The van der Waals surface area contributed by atoms with Gasteiger partial charge in [-0.05, 0) is 48.4 Å². The first kappa shape index (κ1) is 13.1. The number of hydrogen-bond donors (Lipinski definition) is 1. The van der Waals surface area contributed by atoms with Crippen LogP contribution >= 0.6 is 0 Å². The number of hydrogen-bond acceptors (Lipinski definition) is 3. The molecule has 96 valence electrons. The standard InChI is InChI=1S/C16H16N2O/c1-2-16(18)13-5-9-15(10-6-13)19-14-7-3-12(11-17)4-8-14/h3-10,16H,2,18H2,1H3. The molecule has 19 heavy (non-hydrogen) atoms. The molecule has 0 aliphatic carbocycles. The third kappa shape index (κ3) is 3.34. The highest BCUT2D eigenvalue weighted by atomic mass is 16.5. The van der Waals surface area contributed by atoms with Gasteiger partial charge in [-0.15, -0.1) is 0 Å². The Morgan fingerprint density at radius 1 is 1.05 bits per heavy atom. The Kier molecular flexibility index (Phi) is 4.17. The minimum absolute atomic E-state index is 0.0731. The molecule has 0 radical (unpaired) electrons. The van der Waals surface area contributed by atoms with Gasteiger partial charge in [-0.25, -0.2) is 0 Å². The van der Waals surface area contributed by atoms with E-state index in [-0.39, 0.29) is 6.04 Å². The second-order valence-electron chi connectivity index (χ2n) is 4.32. The molecule has 0 aliphatic heterocycles. The predicted molar refractivity (Wildman–Crippen MR) is 74.9 cm³/mol. The smallest absolute Gasteiger partial charge is 0.127 e. The summed E-state index contributed by atoms with van der Waals surface area (Å²) in [6.07, 6.45) is 0.913. The average Bonchev–Trinajstić information content (AvgIpc) is 2.48. The van der Waals surface area contributed by atoms with Crippen LogP contribution in [-0.2, 0) is 0 Å². The molecule has 0 aliphatic rings. The molecule has 1 unspecified atom stereocenters. The van der Waals surface area contributed by atoms with Crippen LogP contribution in [0.1, 0.15) is 30.5 Å². The largest absolute Gasteiger partial charge is 0.457 e. The van der Waals surface area contributed by atoms with Crippen molar-refractivity contribution in [3.63, 3.8) is 0 Å². The zero-order chi connectivity index (χ0) is 13.7. The molecule has 0 bridgehead atoms. The molecule has 0 saturated carbocycles. The Bertz CT molecular complexity index is 567. The Balaban J connectivity index is 2.08. The van der Waals surface area contributed by atoms with Crippen LogP contribution in [0.2, 0.25) is 0 Å². The monoisotopic (exact) mass is 252 g/mol. The molecule has 0 fully saturated rings. The molecule has 2 rings (SSSR count). The van der Waals surface area contributed by atoms with Gasteiger partial charge in [-0.2, -0.15) is 5.26 Å². The highest BCUT2D eigenvalue weighted by molar-refractivity contribution is 5.38. The van der Waals surface area contributed by atoms with Crippen LogP contribution in [0.5, 0.6) is 11.5 Å². The number of benzene rings is 2. The van der Waals surface area contributed by atoms with Crippen molar-refractivity contribution in [3.8, 4) is 17.6 Å². The summed E-state index contributed by atoms with van der Waals surface area (Å²) in [6.45, 7) is 2.06. The molecule has 3 nitrogen and oxygen atoms in total. The van der Waals surface area contributed by atoms with E-state index in [1.807, 2.05) is 24.3 Å². The van der Waals surface area contributed by atoms with Gasteiger partial charge in [0, 0.05) is 6.04 Å². The molecule has 0 saturated heterocycles. The quantitative estimate of drug-likeness (QED) is 0.901. The fraction of sp³-hybridized carbons (Fsp3) is 0.188. The summed E-state index contributed by atoms with van der Waals surface area (Å²) in [6, 6.07) is 16.9. The van der Waals surface area contributed by atoms with Crippen molar-refractivity contribution < 1.29 is 4.74 Å². The van der Waals surface area contributed by atoms with E-state index in [0.717, 1.165) is 17.7 Å². The van der Waals surface area contributed by atoms with E-state index in [2.05, 4.69) is 13.0 Å². The van der Waals surface area contributed by atoms with E-state index in [1.54, 1.807) is 24.3 Å². The fourth-order valence-corrected chi connectivity index (χ4v) is 1.75. The van der Waals surface area contributed by atoms with Gasteiger partial charge in [0.2, 0.25) is 0 Å². The number of nitrogens with zero attached hydrogens (tertiary/aromatic N) is 1. The summed E-state index contributed by atoms with van der Waals surface area (Å²) in [4.78, 5) is 0. The zero-order valence-corrected chi connectivity index (χ0v) is 10.8. The molecule has 2 aromatic carbocycles. The van der Waals surface area contributed by atoms with Gasteiger partial charge < -0.3 is 10.5 Å². The van der Waals surface area contributed by atoms with E-state index in [9.17, 15) is 0 Å². The normalized spacial score (nSPS) is 11.6. The van der Waals surface area contributed by atoms with E-state index in [0.29, 0.717) is 11.3 Å². The van der Waals surface area contributed by atoms with Crippen molar-refractivity contribution >= 4 is 0 Å². The first-order chi connectivity index (χ1) is 9.22. The van der Waals surface area contributed by atoms with Crippen molar-refractivity contribution in [2.45, 2.75) is 19.4 Å². The lowest BCUT2D eigenvalue weighted by molar-refractivity contribution is 0.482. The molecular formula is C16H16N2O. The predicted octanol–water partition coefficient (Wildman–Crippen LogP) is 3.76. The van der Waals surface area contributed by atoms with Crippen LogP contribution < -0.4 is 10.5 Å². The Morgan fingerprint density at radius 3 is 2.05 bits per heavy atom. The topological polar surface area (TPSA) is 59.0 Å². The van der Waals surface area contributed by atoms with Crippen molar-refractivity contribution in [1.82, 2.24) is 0 Å². The summed E-state index contributed by atoms with van der Waals surface area (Å²) in [5, 5.41) is 8.72. The van der Waals surface area contributed by atoms with Gasteiger partial charge in [0.25, 0.3) is 0 Å². The summed E-state index contributed by atoms with van der Waals surface area (Å²) in [5.41, 5.74) is 7.69. The van der Waals surface area contributed by atoms with Gasteiger partial charge in [-0.3, -0.25) is 0 Å². The van der Waals surface area contributed by atoms with Gasteiger partial charge in [-0.1, -0.05) is 19.1 Å². The van der Waals surface area contributed by atoms with E-state index >= 15 is 0 Å². The van der Waals surface area contributed by atoms with Crippen LogP contribution in [0.25, 0.3) is 0 Å². The molecule has 0 spiro atoms. The lowest BCUT2D eigenvalue weighted by Gasteiger charge is -2.10. The molecule has 0 heterocycles. The Morgan fingerprint density at radius 2 is 1.58 bits per heavy atom. The maximum atomic E-state index is 8.72. The highest BCUT2D eigenvalue weighted by Crippen LogP contribution is 2.23. The Hall–Kier alpha value is -2.31. The Labute approximate surface area is 113 Å². The number of rotatable bonds is 4. The van der Waals surface area contributed by atoms with Gasteiger partial charge in [0.15, 0.2) is 0 Å². The highest BCUT2D eigenvalue weighted by Gasteiger charge is 2.03. The van der Waals surface area contributed by atoms with Crippen LogP contribution in [-0.4, -0.2) is 0 Å². The van der Waals surface area contributed by atoms with E-state index < -0.39 is 0 Å². The second kappa shape index (κ2) is 6.03. The third-order valence-electron chi connectivity index (χ3n) is 2.97. The van der Waals surface area contributed by atoms with Crippen molar-refractivity contribution in [2.75, 3.05) is 0 Å². The van der Waals surface area contributed by atoms with Crippen molar-refractivity contribution in [3.05, 3.63) is 59.7 Å². The average molecular weight is 252 g/mol. The first-order valence-corrected chi connectivity index (χ1v) is 6.26. The van der Waals surface area contributed by atoms with Gasteiger partial charge in [0.1, 0.15) is 11.5 Å². The van der Waals surface area contributed by atoms with Crippen molar-refractivity contribution in [1.29, 1.82) is 5.26 Å². The molecule has 0 aromatic heterocycles. The molecule has 2 aromatic rings. The van der Waals surface area contributed by atoms with E-state index in [4.69, 9.17) is 15.7 Å². The minimum atomic E-state index is 0.0731. The third-order valence-corrected chi connectivity index (χ3v) is 2.97. The molecule has 3 heteroatoms. The van der Waals surface area contributed by atoms with E-state index in [1.165, 1.54) is 0 Å². The number of nitrogens with two attached hydrogens (primary N) is 1. The zero-order valence-electron chi connectivity index (χ0n) is 10.8. The lowest BCUT2D eigenvalue weighted by Crippen LogP contribution is -2.07. The summed E-state index contributed by atoms with van der Waals surface area (Å²) in [7, 11) is 0. The fourth-order valence-electron chi connectivity index (χ4n) is 1.75. The summed E-state index contributed by atoms with van der Waals surface area (Å²) >= 11 is 0. The molecule has 0 amide bonds. The minimum Gasteiger partial charge on any atom is -0.457 e. The lowest BCUT2D eigenvalue weighted by atomic mass is 10.1. The van der Waals surface area contributed by atoms with Crippen LogP contribution in [0.3, 0.4) is 0 Å². The van der Waals surface area contributed by atoms with Crippen molar-refractivity contribution in [2.24, 2.45) is 5.73 Å². The van der Waals surface area contributed by atoms with Gasteiger partial charge in [0.05, 0.1) is 11.6 Å².